The van der Waals surface area contributed by atoms with Gasteiger partial charge in [-0.2, -0.15) is 0 Å². The van der Waals surface area contributed by atoms with Crippen molar-refractivity contribution in [3.8, 4) is 0 Å². The van der Waals surface area contributed by atoms with E-state index in [0.717, 1.165) is 13.0 Å². The summed E-state index contributed by atoms with van der Waals surface area (Å²) in [7, 11) is 0. The molecule has 36 heavy (non-hydrogen) atoms. The van der Waals surface area contributed by atoms with Gasteiger partial charge in [-0.1, -0.05) is 36.0 Å². The van der Waals surface area contributed by atoms with Gasteiger partial charge in [0.05, 0.1) is 33.5 Å². The van der Waals surface area contributed by atoms with E-state index in [1.807, 2.05) is 0 Å². The standard InChI is InChI=1S/C24H31FN6O4S/c1-3-8-36-24-27-22(26-16-10-14(16)13-5-4-12(2)15(25)9-13)19-23(28-24)31(30-29-19)17-11-18(35-7-6-32)21(34)20(17)33/h4-5,9,14,16-18,20-21,32-34H,3,6-8,10-11H2,1-2H3,(H,26,27,28)/t14-,16+,17+,18-,20-,21+/m0/s1/i3D2,7D2,8D2,10D2,11D2,17D,18D,20D,21D. The first-order valence-corrected chi connectivity index (χ1v) is 11.4. The van der Waals surface area contributed by atoms with E-state index in [2.05, 4.69) is 30.3 Å². The third-order valence-corrected chi connectivity index (χ3v) is 5.97. The molecule has 6 atom stereocenters. The van der Waals surface area contributed by atoms with Crippen molar-refractivity contribution in [1.82, 2.24) is 25.0 Å². The van der Waals surface area contributed by atoms with E-state index in [9.17, 15) is 19.7 Å². The van der Waals surface area contributed by atoms with Crippen LogP contribution in [0.2, 0.25) is 0 Å². The van der Waals surface area contributed by atoms with Gasteiger partial charge in [-0.25, -0.2) is 19.0 Å². The van der Waals surface area contributed by atoms with Crippen molar-refractivity contribution in [3.63, 3.8) is 0 Å². The maximum absolute atomic E-state index is 14.4. The van der Waals surface area contributed by atoms with Gasteiger partial charge >= 0.3 is 0 Å². The zero-order chi connectivity index (χ0) is 38.1. The SMILES string of the molecule is [2H]C([2H])(CO)O[C@@]1([2H])C([2H])([2H])[C@@]([2H])(n2nnc3c(N[C@H]4[C@H](c5ccc(C)c(F)c5)C4([2H])[2H])nc(SC([2H])([2H])C([2H])([2H])C)nc32)[C@]([2H])(O)[C@]1([2H])O. The summed E-state index contributed by atoms with van der Waals surface area (Å²) in [6.45, 7) is -2.48. The Balaban J connectivity index is 1.72. The van der Waals surface area contributed by atoms with Gasteiger partial charge in [-0.05, 0) is 36.9 Å². The summed E-state index contributed by atoms with van der Waals surface area (Å²) in [4.78, 5) is 8.17. The zero-order valence-corrected chi connectivity index (χ0v) is 19.7. The number of aromatic nitrogens is 5. The van der Waals surface area contributed by atoms with Crippen LogP contribution in [0.5, 0.6) is 0 Å². The Hall–Kier alpha value is -2.38. The summed E-state index contributed by atoms with van der Waals surface area (Å²) in [6, 6.07) is -0.973. The van der Waals surface area contributed by atoms with Crippen LogP contribution in [0, 0.1) is 12.7 Å². The fourth-order valence-electron chi connectivity index (χ4n) is 3.47. The molecule has 10 nitrogen and oxygen atoms in total. The van der Waals surface area contributed by atoms with Gasteiger partial charge in [-0.15, -0.1) is 5.10 Å². The Kier molecular flexibility index (Phi) is 3.93. The van der Waals surface area contributed by atoms with Crippen molar-refractivity contribution in [2.45, 2.75) is 74.3 Å². The van der Waals surface area contributed by atoms with Gasteiger partial charge in [0.15, 0.2) is 22.1 Å². The first kappa shape index (κ1) is 13.4. The molecule has 0 radical (unpaired) electrons. The van der Waals surface area contributed by atoms with Crippen LogP contribution in [0.4, 0.5) is 10.2 Å². The molecule has 2 aliphatic rings. The maximum Gasteiger partial charge on any atom is 0.191 e. The van der Waals surface area contributed by atoms with Gasteiger partial charge in [-0.3, -0.25) is 0 Å². The number of aliphatic hydroxyl groups excluding tert-OH is 1. The minimum atomic E-state index is -4.21. The van der Waals surface area contributed by atoms with Gasteiger partial charge in [0.2, 0.25) is 0 Å². The molecular weight excluding hydrogens is 487 g/mol. The fraction of sp³-hybridized carbons (Fsp3) is 0.583. The van der Waals surface area contributed by atoms with E-state index in [1.165, 1.54) is 19.1 Å². The normalized spacial score (nSPS) is 45.5. The second-order valence-corrected chi connectivity index (χ2v) is 8.44. The van der Waals surface area contributed by atoms with E-state index in [-0.39, 0.29) is 22.0 Å². The molecular formula is C24H31FN6O4S. The molecule has 5 rings (SSSR count). The predicted molar refractivity (Wildman–Crippen MR) is 133 cm³/mol. The maximum atomic E-state index is 14.4. The molecule has 2 heterocycles. The monoisotopic (exact) mass is 532 g/mol. The number of benzene rings is 1. The van der Waals surface area contributed by atoms with Crippen LogP contribution in [0.25, 0.3) is 11.2 Å². The molecule has 12 heteroatoms. The minimum absolute atomic E-state index is 0.0600. The Bertz CT molecular complexity index is 1850. The van der Waals surface area contributed by atoms with Crippen LogP contribution in [0.3, 0.4) is 0 Å². The van der Waals surface area contributed by atoms with E-state index in [1.54, 1.807) is 0 Å². The highest BCUT2D eigenvalue weighted by atomic mass is 32.2. The Morgan fingerprint density at radius 3 is 2.92 bits per heavy atom. The molecule has 0 aliphatic heterocycles. The van der Waals surface area contributed by atoms with Crippen molar-refractivity contribution < 1.29 is 43.6 Å². The van der Waals surface area contributed by atoms with Crippen LogP contribution >= 0.6 is 11.8 Å². The summed E-state index contributed by atoms with van der Waals surface area (Å²) in [5, 5.41) is 41.1. The Morgan fingerprint density at radius 2 is 2.17 bits per heavy atom. The Morgan fingerprint density at radius 1 is 1.33 bits per heavy atom. The van der Waals surface area contributed by atoms with Gasteiger partial charge in [0, 0.05) is 35.0 Å². The van der Waals surface area contributed by atoms with E-state index < -0.39 is 102 Å². The van der Waals surface area contributed by atoms with Crippen molar-refractivity contribution in [3.05, 3.63) is 35.1 Å². The van der Waals surface area contributed by atoms with E-state index in [4.69, 9.17) is 19.2 Å². The summed E-state index contributed by atoms with van der Waals surface area (Å²) >= 11 is 0.0878. The first-order chi connectivity index (χ1) is 22.4. The lowest BCUT2D eigenvalue weighted by Crippen LogP contribution is -2.33. The first-order valence-electron chi connectivity index (χ1n) is 17.6. The summed E-state index contributed by atoms with van der Waals surface area (Å²) in [5.41, 5.74) is -3.59. The lowest BCUT2D eigenvalue weighted by molar-refractivity contribution is -0.0629. The second-order valence-electron chi connectivity index (χ2n) is 7.66. The number of aliphatic hydroxyl groups is 3. The molecule has 2 aliphatic carbocycles. The van der Waals surface area contributed by atoms with E-state index >= 15 is 0 Å². The Labute approximate surface area is 232 Å². The van der Waals surface area contributed by atoms with Crippen molar-refractivity contribution >= 4 is 28.7 Å². The lowest BCUT2D eigenvalue weighted by atomic mass is 10.1. The van der Waals surface area contributed by atoms with Crippen LogP contribution < -0.4 is 5.32 Å². The zero-order valence-electron chi connectivity index (χ0n) is 32.9. The predicted octanol–water partition coefficient (Wildman–Crippen LogP) is 2.18. The molecule has 1 aromatic carbocycles. The quantitative estimate of drug-likeness (QED) is 0.227. The molecule has 0 saturated heterocycles. The average Bonchev–Trinajstić information content (AvgIpc) is 3.25. The summed E-state index contributed by atoms with van der Waals surface area (Å²) in [6.07, 6.45) is -21.1. The number of thioether (sulfide) groups is 1. The highest BCUT2D eigenvalue weighted by molar-refractivity contribution is 7.99. The number of nitrogens with one attached hydrogen (secondary N) is 1. The second kappa shape index (κ2) is 10.5. The van der Waals surface area contributed by atoms with Crippen LogP contribution in [-0.2, 0) is 4.74 Å². The highest BCUT2D eigenvalue weighted by Gasteiger charge is 2.45. The molecule has 3 aromatic rings. The van der Waals surface area contributed by atoms with Crippen LogP contribution in [0.1, 0.15) is 68.3 Å². The van der Waals surface area contributed by atoms with Gasteiger partial charge in [0.25, 0.3) is 0 Å². The van der Waals surface area contributed by atoms with E-state index in [0.29, 0.717) is 5.56 Å². The highest BCUT2D eigenvalue weighted by Crippen LogP contribution is 2.44. The number of fused-ring (bicyclic) bond motifs is 1. The van der Waals surface area contributed by atoms with Crippen molar-refractivity contribution in [1.29, 1.82) is 0 Å². The topological polar surface area (TPSA) is 138 Å². The average molecular weight is 533 g/mol. The molecule has 4 N–H and O–H groups in total. The van der Waals surface area contributed by atoms with Crippen LogP contribution in [-0.4, -0.2) is 83.4 Å². The molecule has 0 unspecified atom stereocenters. The number of ether oxygens (including phenoxy) is 1. The summed E-state index contributed by atoms with van der Waals surface area (Å²) < 4.78 is 136. The number of nitrogens with zero attached hydrogens (tertiary/aromatic N) is 5. The van der Waals surface area contributed by atoms with Gasteiger partial charge < -0.3 is 25.4 Å². The molecule has 194 valence electrons. The minimum Gasteiger partial charge on any atom is -0.394 e. The molecule has 0 bridgehead atoms. The molecule has 2 fully saturated rings. The fourth-order valence-corrected chi connectivity index (χ4v) is 3.93. The third-order valence-electron chi connectivity index (χ3n) is 5.30. The number of aryl methyl sites for hydroxylation is 1. The van der Waals surface area contributed by atoms with Crippen LogP contribution in [0.15, 0.2) is 23.4 Å². The summed E-state index contributed by atoms with van der Waals surface area (Å²) in [5.74, 6) is -2.05. The smallest absolute Gasteiger partial charge is 0.191 e. The number of halogens is 1. The largest absolute Gasteiger partial charge is 0.394 e. The van der Waals surface area contributed by atoms with Crippen molar-refractivity contribution in [2.24, 2.45) is 0 Å². The van der Waals surface area contributed by atoms with Gasteiger partial charge in [0.1, 0.15) is 18.0 Å². The lowest BCUT2D eigenvalue weighted by Gasteiger charge is -2.17. The number of rotatable bonds is 10. The third kappa shape index (κ3) is 4.92. The molecule has 2 saturated carbocycles. The molecule has 0 spiro atoms. The molecule has 2 aromatic heterocycles. The number of anilines is 1. The number of hydrogen-bond acceptors (Lipinski definition) is 10. The van der Waals surface area contributed by atoms with Crippen molar-refractivity contribution in [2.75, 3.05) is 24.2 Å². The molecule has 0 amide bonds. The number of hydrogen-bond donors (Lipinski definition) is 4.